The predicted molar refractivity (Wildman–Crippen MR) is 206 cm³/mol. The summed E-state index contributed by atoms with van der Waals surface area (Å²) in [7, 11) is 0. The van der Waals surface area contributed by atoms with Crippen LogP contribution in [-0.2, 0) is 14.9 Å². The van der Waals surface area contributed by atoms with Gasteiger partial charge in [0.2, 0.25) is 0 Å². The molecule has 0 spiro atoms. The molecule has 2 N–H and O–H groups in total. The fourth-order valence-corrected chi connectivity index (χ4v) is 7.35. The van der Waals surface area contributed by atoms with Gasteiger partial charge in [0.25, 0.3) is 0 Å². The van der Waals surface area contributed by atoms with E-state index in [1.54, 1.807) is 0 Å². The fraction of sp³-hybridized carbons (Fsp3) is 0.467. The summed E-state index contributed by atoms with van der Waals surface area (Å²) in [6.45, 7) is 4.18. The van der Waals surface area contributed by atoms with Gasteiger partial charge in [-0.3, -0.25) is 0 Å². The van der Waals surface area contributed by atoms with Crippen molar-refractivity contribution in [2.24, 2.45) is 0 Å². The van der Waals surface area contributed by atoms with Crippen molar-refractivity contribution in [1.82, 2.24) is 0 Å². The molecule has 0 aromatic heterocycles. The van der Waals surface area contributed by atoms with E-state index in [1.807, 2.05) is 12.1 Å². The quantitative estimate of drug-likeness (QED) is 0.0562. The summed E-state index contributed by atoms with van der Waals surface area (Å²) in [5, 5.41) is 17.9. The third-order valence-electron chi connectivity index (χ3n) is 9.87. The van der Waals surface area contributed by atoms with Crippen molar-refractivity contribution < 1.29 is 29.2 Å². The minimum absolute atomic E-state index is 0.293. The molecule has 0 aliphatic heterocycles. The first kappa shape index (κ1) is 38.5. The maximum Gasteiger partial charge on any atom is 0.119 e. The lowest BCUT2D eigenvalue weighted by molar-refractivity contribution is 0.0969. The highest BCUT2D eigenvalue weighted by atomic mass is 16.5. The Hall–Kier alpha value is -3.68. The lowest BCUT2D eigenvalue weighted by atomic mass is 9.67. The van der Waals surface area contributed by atoms with Crippen LogP contribution in [0.15, 0.2) is 97.1 Å². The van der Waals surface area contributed by atoms with E-state index >= 15 is 0 Å². The Morgan fingerprint density at radius 2 is 0.804 bits per heavy atom. The molecule has 0 saturated carbocycles. The molecule has 6 heteroatoms. The highest BCUT2D eigenvalue weighted by Gasteiger charge is 2.46. The third kappa shape index (κ3) is 10.7. The van der Waals surface area contributed by atoms with Crippen molar-refractivity contribution in [3.05, 3.63) is 119 Å². The van der Waals surface area contributed by atoms with Gasteiger partial charge >= 0.3 is 0 Å². The number of hydrogen-bond acceptors (Lipinski definition) is 6. The number of ether oxygens (including phenoxy) is 4. The topological polar surface area (TPSA) is 77.4 Å². The Labute approximate surface area is 305 Å². The molecular weight excluding hydrogens is 636 g/mol. The fourth-order valence-electron chi connectivity index (χ4n) is 7.35. The smallest absolute Gasteiger partial charge is 0.119 e. The van der Waals surface area contributed by atoms with E-state index in [2.05, 4.69) is 84.9 Å². The van der Waals surface area contributed by atoms with Crippen molar-refractivity contribution in [2.75, 3.05) is 52.9 Å². The normalized spacial score (nSPS) is 12.8. The number of unbranched alkanes of at least 4 members (excludes halogenated alkanes) is 10. The molecule has 1 aliphatic rings. The number of benzene rings is 4. The van der Waals surface area contributed by atoms with Gasteiger partial charge in [-0.05, 0) is 83.3 Å². The second-order valence-electron chi connectivity index (χ2n) is 13.5. The van der Waals surface area contributed by atoms with Gasteiger partial charge < -0.3 is 29.2 Å². The molecule has 0 fully saturated rings. The van der Waals surface area contributed by atoms with Crippen LogP contribution in [0.3, 0.4) is 0 Å². The van der Waals surface area contributed by atoms with E-state index in [-0.39, 0.29) is 0 Å². The second-order valence-corrected chi connectivity index (χ2v) is 13.5. The SMILES string of the molecule is OCCCCCCCCOCCOc1cccc(C2(c3cccc(OCCOCCCCCCCCO)c3)c3ccccc3-c3ccccc32)c1. The van der Waals surface area contributed by atoms with Gasteiger partial charge in [-0.2, -0.15) is 0 Å². The zero-order valence-electron chi connectivity index (χ0n) is 30.4. The molecule has 4 aromatic carbocycles. The Bertz CT molecular complexity index is 1450. The van der Waals surface area contributed by atoms with Gasteiger partial charge in [0, 0.05) is 26.4 Å². The number of rotatable bonds is 26. The van der Waals surface area contributed by atoms with Crippen LogP contribution in [0.2, 0.25) is 0 Å². The zero-order chi connectivity index (χ0) is 35.4. The Balaban J connectivity index is 1.25. The number of fused-ring (bicyclic) bond motifs is 3. The Morgan fingerprint density at radius 1 is 0.392 bits per heavy atom. The molecule has 5 rings (SSSR count). The molecule has 0 radical (unpaired) electrons. The van der Waals surface area contributed by atoms with Crippen molar-refractivity contribution >= 4 is 0 Å². The molecular formula is C45H58O6. The van der Waals surface area contributed by atoms with Gasteiger partial charge in [-0.25, -0.2) is 0 Å². The summed E-state index contributed by atoms with van der Waals surface area (Å²) >= 11 is 0. The summed E-state index contributed by atoms with van der Waals surface area (Å²) in [5.41, 5.74) is 6.74. The molecule has 0 saturated heterocycles. The molecule has 0 amide bonds. The van der Waals surface area contributed by atoms with E-state index in [0.29, 0.717) is 39.6 Å². The average molecular weight is 695 g/mol. The monoisotopic (exact) mass is 694 g/mol. The van der Waals surface area contributed by atoms with Gasteiger partial charge in [-0.1, -0.05) is 124 Å². The van der Waals surface area contributed by atoms with Crippen LogP contribution < -0.4 is 9.47 Å². The first-order valence-corrected chi connectivity index (χ1v) is 19.3. The second kappa shape index (κ2) is 21.6. The minimum atomic E-state index is -0.548. The highest BCUT2D eigenvalue weighted by molar-refractivity contribution is 5.86. The summed E-state index contributed by atoms with van der Waals surface area (Å²) in [6, 6.07) is 34.6. The molecule has 0 heterocycles. The summed E-state index contributed by atoms with van der Waals surface area (Å²) in [4.78, 5) is 0. The van der Waals surface area contributed by atoms with E-state index in [0.717, 1.165) is 87.2 Å². The lowest BCUT2D eigenvalue weighted by Crippen LogP contribution is -2.28. The Morgan fingerprint density at radius 3 is 1.25 bits per heavy atom. The average Bonchev–Trinajstić information content (AvgIpc) is 3.47. The predicted octanol–water partition coefficient (Wildman–Crippen LogP) is 9.51. The molecule has 6 nitrogen and oxygen atoms in total. The highest BCUT2D eigenvalue weighted by Crippen LogP contribution is 2.56. The van der Waals surface area contributed by atoms with Crippen molar-refractivity contribution in [2.45, 2.75) is 82.5 Å². The van der Waals surface area contributed by atoms with Crippen LogP contribution in [0.25, 0.3) is 11.1 Å². The molecule has 274 valence electrons. The lowest BCUT2D eigenvalue weighted by Gasteiger charge is -2.34. The molecule has 1 aliphatic carbocycles. The third-order valence-corrected chi connectivity index (χ3v) is 9.87. The summed E-state index contributed by atoms with van der Waals surface area (Å²) < 4.78 is 24.4. The van der Waals surface area contributed by atoms with Crippen LogP contribution >= 0.6 is 0 Å². The number of aliphatic hydroxyl groups is 2. The van der Waals surface area contributed by atoms with E-state index in [1.165, 1.54) is 47.9 Å². The van der Waals surface area contributed by atoms with Crippen LogP contribution in [-0.4, -0.2) is 63.1 Å². The van der Waals surface area contributed by atoms with Crippen molar-refractivity contribution in [3.8, 4) is 22.6 Å². The maximum atomic E-state index is 8.93. The number of aliphatic hydroxyl groups excluding tert-OH is 2. The van der Waals surface area contributed by atoms with Gasteiger partial charge in [0.15, 0.2) is 0 Å². The maximum absolute atomic E-state index is 8.93. The zero-order valence-corrected chi connectivity index (χ0v) is 30.4. The van der Waals surface area contributed by atoms with E-state index in [9.17, 15) is 0 Å². The van der Waals surface area contributed by atoms with E-state index in [4.69, 9.17) is 29.2 Å². The molecule has 4 aromatic rings. The molecule has 0 atom stereocenters. The van der Waals surface area contributed by atoms with Gasteiger partial charge in [-0.15, -0.1) is 0 Å². The van der Waals surface area contributed by atoms with Crippen LogP contribution in [0.1, 0.15) is 99.3 Å². The standard InChI is InChI=1S/C45H58O6/c46-27-13-5-1-3-7-15-29-48-31-33-50-39-21-17-19-37(35-39)45(43-25-11-9-23-41(43)42-24-10-12-26-44(42)45)38-20-18-22-40(36-38)51-34-32-49-30-16-8-4-2-6-14-28-47/h9-12,17-26,35-36,46-47H,1-8,13-16,27-34H2. The Kier molecular flexibility index (Phi) is 16.3. The first-order valence-electron chi connectivity index (χ1n) is 19.3. The van der Waals surface area contributed by atoms with Crippen molar-refractivity contribution in [3.63, 3.8) is 0 Å². The van der Waals surface area contributed by atoms with Crippen molar-refractivity contribution in [1.29, 1.82) is 0 Å². The largest absolute Gasteiger partial charge is 0.491 e. The minimum Gasteiger partial charge on any atom is -0.491 e. The number of hydrogen-bond donors (Lipinski definition) is 2. The van der Waals surface area contributed by atoms with Crippen LogP contribution in [0.5, 0.6) is 11.5 Å². The molecule has 0 unspecified atom stereocenters. The van der Waals surface area contributed by atoms with E-state index < -0.39 is 5.41 Å². The first-order chi connectivity index (χ1) is 25.3. The molecule has 51 heavy (non-hydrogen) atoms. The summed E-state index contributed by atoms with van der Waals surface area (Å²) in [5.74, 6) is 1.66. The van der Waals surface area contributed by atoms with Gasteiger partial charge in [0.1, 0.15) is 24.7 Å². The molecule has 0 bridgehead atoms. The van der Waals surface area contributed by atoms with Crippen LogP contribution in [0.4, 0.5) is 0 Å². The van der Waals surface area contributed by atoms with Gasteiger partial charge in [0.05, 0.1) is 18.6 Å². The van der Waals surface area contributed by atoms with Crippen LogP contribution in [0, 0.1) is 0 Å². The summed E-state index contributed by atoms with van der Waals surface area (Å²) in [6.07, 6.45) is 13.2.